The van der Waals surface area contributed by atoms with Crippen molar-refractivity contribution in [3.63, 3.8) is 0 Å². The minimum absolute atomic E-state index is 0.191. The molecule has 0 aromatic carbocycles. The van der Waals surface area contributed by atoms with Gasteiger partial charge in [-0.2, -0.15) is 0 Å². The maximum absolute atomic E-state index is 12.7. The standard InChI is InChI=1S/C23H33BrO13/c1-6-9-31-22(23(24)8-7-10-30-21(23)29)37-20-19(35-15(5)28)18(34-14(4)27)17(33-13(3)26)16(36-20)11-32-12(2)25/h16-20,22H,6-11H2,1-5H3/t16-,17-,18+,19-,20+,22+,23+/m1/s1. The number of halogens is 1. The van der Waals surface area contributed by atoms with Gasteiger partial charge in [0.05, 0.1) is 6.61 Å². The summed E-state index contributed by atoms with van der Waals surface area (Å²) in [5.74, 6) is -3.59. The number of hydrogen-bond donors (Lipinski definition) is 0. The first-order valence-corrected chi connectivity index (χ1v) is 12.6. The molecular weight excluding hydrogens is 564 g/mol. The second kappa shape index (κ2) is 14.0. The summed E-state index contributed by atoms with van der Waals surface area (Å²) in [4.78, 5) is 60.1. The topological polar surface area (TPSA) is 159 Å². The van der Waals surface area contributed by atoms with Crippen LogP contribution in [0.5, 0.6) is 0 Å². The first-order chi connectivity index (χ1) is 17.4. The lowest BCUT2D eigenvalue weighted by molar-refractivity contribution is -0.343. The third kappa shape index (κ3) is 8.62. The Kier molecular flexibility index (Phi) is 11.7. The third-order valence-corrected chi connectivity index (χ3v) is 6.40. The Morgan fingerprint density at radius 2 is 1.57 bits per heavy atom. The lowest BCUT2D eigenvalue weighted by atomic mass is 9.97. The zero-order valence-electron chi connectivity index (χ0n) is 21.4. The van der Waals surface area contributed by atoms with E-state index in [1.165, 1.54) is 6.92 Å². The van der Waals surface area contributed by atoms with Crippen molar-refractivity contribution in [1.82, 2.24) is 0 Å². The highest BCUT2D eigenvalue weighted by Crippen LogP contribution is 2.38. The van der Waals surface area contributed by atoms with E-state index in [1.54, 1.807) is 0 Å². The van der Waals surface area contributed by atoms with Crippen molar-refractivity contribution >= 4 is 45.8 Å². The molecule has 13 nitrogen and oxygen atoms in total. The van der Waals surface area contributed by atoms with Gasteiger partial charge in [-0.25, -0.2) is 0 Å². The molecule has 0 spiro atoms. The normalized spacial score (nSPS) is 30.4. The summed E-state index contributed by atoms with van der Waals surface area (Å²) in [5, 5.41) is 0. The van der Waals surface area contributed by atoms with Gasteiger partial charge >= 0.3 is 29.8 Å². The van der Waals surface area contributed by atoms with Gasteiger partial charge in [-0.15, -0.1) is 0 Å². The van der Waals surface area contributed by atoms with E-state index in [-0.39, 0.29) is 13.2 Å². The van der Waals surface area contributed by atoms with E-state index < -0.39 is 77.8 Å². The highest BCUT2D eigenvalue weighted by Gasteiger charge is 2.56. The second-order valence-electron chi connectivity index (χ2n) is 8.51. The molecule has 14 heteroatoms. The number of rotatable bonds is 11. The van der Waals surface area contributed by atoms with E-state index >= 15 is 0 Å². The molecule has 2 aliphatic rings. The fraction of sp³-hybridized carbons (Fsp3) is 0.783. The van der Waals surface area contributed by atoms with Gasteiger partial charge in [0.1, 0.15) is 12.7 Å². The predicted molar refractivity (Wildman–Crippen MR) is 125 cm³/mol. The predicted octanol–water partition coefficient (Wildman–Crippen LogP) is 1.31. The number of esters is 5. The van der Waals surface area contributed by atoms with Crippen molar-refractivity contribution < 1.29 is 61.9 Å². The van der Waals surface area contributed by atoms with E-state index in [0.29, 0.717) is 19.3 Å². The van der Waals surface area contributed by atoms with Gasteiger partial charge in [0.15, 0.2) is 28.9 Å². The molecule has 0 radical (unpaired) electrons. The Morgan fingerprint density at radius 3 is 2.11 bits per heavy atom. The van der Waals surface area contributed by atoms with E-state index in [4.69, 9.17) is 37.9 Å². The molecule has 37 heavy (non-hydrogen) atoms. The summed E-state index contributed by atoms with van der Waals surface area (Å²) < 4.78 is 42.9. The molecule has 0 saturated carbocycles. The zero-order valence-corrected chi connectivity index (χ0v) is 23.0. The molecule has 0 bridgehead atoms. The van der Waals surface area contributed by atoms with Gasteiger partial charge in [-0.05, 0) is 19.3 Å². The second-order valence-corrected chi connectivity index (χ2v) is 9.92. The SMILES string of the molecule is CCCO[C@@H](O[C@@H]1O[C@H](COC(C)=O)[C@@H](OC(C)=O)[C@H](OC(C)=O)[C@H]1OC(C)=O)[C@]1(Br)CCCOC1=O. The number of carbonyl (C=O) groups is 5. The number of ether oxygens (including phenoxy) is 8. The molecule has 2 heterocycles. The zero-order chi connectivity index (χ0) is 27.8. The van der Waals surface area contributed by atoms with Crippen LogP contribution in [0.1, 0.15) is 53.9 Å². The molecule has 0 amide bonds. The van der Waals surface area contributed by atoms with Gasteiger partial charge < -0.3 is 37.9 Å². The van der Waals surface area contributed by atoms with Crippen LogP contribution in [0.3, 0.4) is 0 Å². The Hall–Kier alpha value is -2.29. The maximum atomic E-state index is 12.7. The summed E-state index contributed by atoms with van der Waals surface area (Å²) in [6.45, 7) is 6.37. The lowest BCUT2D eigenvalue weighted by Gasteiger charge is -2.46. The summed E-state index contributed by atoms with van der Waals surface area (Å²) in [6.07, 6.45) is -6.81. The van der Waals surface area contributed by atoms with Crippen LogP contribution in [-0.4, -0.2) is 91.0 Å². The fourth-order valence-electron chi connectivity index (χ4n) is 3.85. The maximum Gasteiger partial charge on any atom is 0.328 e. The Morgan fingerprint density at radius 1 is 0.973 bits per heavy atom. The Balaban J connectivity index is 2.51. The first kappa shape index (κ1) is 30.9. The molecule has 0 aromatic heterocycles. The van der Waals surface area contributed by atoms with Crippen LogP contribution < -0.4 is 0 Å². The number of hydrogen-bond acceptors (Lipinski definition) is 13. The number of carbonyl (C=O) groups excluding carboxylic acids is 5. The summed E-state index contributed by atoms with van der Waals surface area (Å²) in [6, 6.07) is 0. The van der Waals surface area contributed by atoms with Gasteiger partial charge in [0, 0.05) is 34.3 Å². The Bertz CT molecular complexity index is 848. The molecule has 210 valence electrons. The highest BCUT2D eigenvalue weighted by atomic mass is 79.9. The summed E-state index contributed by atoms with van der Waals surface area (Å²) in [5.41, 5.74) is 0. The fourth-order valence-corrected chi connectivity index (χ4v) is 4.49. The van der Waals surface area contributed by atoms with Crippen LogP contribution in [-0.2, 0) is 61.9 Å². The summed E-state index contributed by atoms with van der Waals surface area (Å²) in [7, 11) is 0. The average molecular weight is 597 g/mol. The molecule has 7 atom stereocenters. The molecule has 0 unspecified atom stereocenters. The molecule has 0 aliphatic carbocycles. The van der Waals surface area contributed by atoms with Gasteiger partial charge in [-0.3, -0.25) is 24.0 Å². The van der Waals surface area contributed by atoms with Crippen LogP contribution >= 0.6 is 15.9 Å². The van der Waals surface area contributed by atoms with Crippen molar-refractivity contribution in [3.8, 4) is 0 Å². The van der Waals surface area contributed by atoms with Crippen molar-refractivity contribution in [2.24, 2.45) is 0 Å². The Labute approximate surface area is 222 Å². The van der Waals surface area contributed by atoms with Gasteiger partial charge in [-0.1, -0.05) is 22.9 Å². The molecule has 0 N–H and O–H groups in total. The molecule has 2 aliphatic heterocycles. The smallest absolute Gasteiger partial charge is 0.328 e. The number of cyclic esters (lactones) is 1. The van der Waals surface area contributed by atoms with E-state index in [9.17, 15) is 24.0 Å². The molecule has 2 fully saturated rings. The molecule has 2 rings (SSSR count). The van der Waals surface area contributed by atoms with Gasteiger partial charge in [0.2, 0.25) is 6.29 Å². The van der Waals surface area contributed by atoms with Crippen molar-refractivity contribution in [2.45, 2.75) is 95.2 Å². The van der Waals surface area contributed by atoms with Gasteiger partial charge in [0.25, 0.3) is 0 Å². The van der Waals surface area contributed by atoms with Crippen molar-refractivity contribution in [1.29, 1.82) is 0 Å². The quantitative estimate of drug-likeness (QED) is 0.145. The van der Waals surface area contributed by atoms with Crippen LogP contribution in [0.25, 0.3) is 0 Å². The monoisotopic (exact) mass is 596 g/mol. The van der Waals surface area contributed by atoms with Crippen LogP contribution in [0.4, 0.5) is 0 Å². The van der Waals surface area contributed by atoms with E-state index in [2.05, 4.69) is 15.9 Å². The summed E-state index contributed by atoms with van der Waals surface area (Å²) >= 11 is 3.41. The van der Waals surface area contributed by atoms with Crippen LogP contribution in [0, 0.1) is 0 Å². The number of alkyl halides is 1. The molecular formula is C23H33BrO13. The van der Waals surface area contributed by atoms with E-state index in [1.807, 2.05) is 6.92 Å². The average Bonchev–Trinajstić information content (AvgIpc) is 2.80. The van der Waals surface area contributed by atoms with E-state index in [0.717, 1.165) is 20.8 Å². The minimum Gasteiger partial charge on any atom is -0.465 e. The van der Waals surface area contributed by atoms with Crippen molar-refractivity contribution in [2.75, 3.05) is 19.8 Å². The van der Waals surface area contributed by atoms with Crippen LogP contribution in [0.2, 0.25) is 0 Å². The third-order valence-electron chi connectivity index (χ3n) is 5.31. The highest BCUT2D eigenvalue weighted by molar-refractivity contribution is 9.10. The molecule has 2 saturated heterocycles. The lowest BCUT2D eigenvalue weighted by Crippen LogP contribution is -2.64. The minimum atomic E-state index is -1.51. The van der Waals surface area contributed by atoms with Crippen molar-refractivity contribution in [3.05, 3.63) is 0 Å². The van der Waals surface area contributed by atoms with Crippen LogP contribution in [0.15, 0.2) is 0 Å². The molecule has 0 aromatic rings. The largest absolute Gasteiger partial charge is 0.465 e. The first-order valence-electron chi connectivity index (χ1n) is 11.8.